The van der Waals surface area contributed by atoms with Crippen LogP contribution in [0.25, 0.3) is 11.1 Å². The number of hydrogen-bond donors (Lipinski definition) is 1. The van der Waals surface area contributed by atoms with Crippen LogP contribution >= 0.6 is 11.6 Å². The van der Waals surface area contributed by atoms with Gasteiger partial charge < -0.3 is 10.5 Å². The van der Waals surface area contributed by atoms with Crippen molar-refractivity contribution in [2.75, 3.05) is 5.73 Å². The molecule has 0 aliphatic carbocycles. The molecular weight excluding hydrogens is 294 g/mol. The first kappa shape index (κ1) is 14.5. The molecular formula is C19H16ClNO. The number of rotatable bonds is 4. The zero-order valence-corrected chi connectivity index (χ0v) is 12.8. The van der Waals surface area contributed by atoms with Gasteiger partial charge in [0.1, 0.15) is 12.4 Å². The van der Waals surface area contributed by atoms with Gasteiger partial charge in [-0.1, -0.05) is 66.2 Å². The summed E-state index contributed by atoms with van der Waals surface area (Å²) in [6, 6.07) is 23.5. The summed E-state index contributed by atoms with van der Waals surface area (Å²) in [6.45, 7) is 0.493. The van der Waals surface area contributed by atoms with E-state index < -0.39 is 0 Å². The molecule has 22 heavy (non-hydrogen) atoms. The first-order chi connectivity index (χ1) is 10.7. The third-order valence-electron chi connectivity index (χ3n) is 3.44. The highest BCUT2D eigenvalue weighted by atomic mass is 35.5. The summed E-state index contributed by atoms with van der Waals surface area (Å²) >= 11 is 6.33. The van der Waals surface area contributed by atoms with Gasteiger partial charge in [-0.15, -0.1) is 0 Å². The zero-order chi connectivity index (χ0) is 15.4. The molecule has 110 valence electrons. The van der Waals surface area contributed by atoms with Gasteiger partial charge in [0.25, 0.3) is 0 Å². The summed E-state index contributed by atoms with van der Waals surface area (Å²) in [4.78, 5) is 0. The van der Waals surface area contributed by atoms with Crippen molar-refractivity contribution < 1.29 is 4.74 Å². The van der Waals surface area contributed by atoms with Crippen LogP contribution in [-0.2, 0) is 6.61 Å². The van der Waals surface area contributed by atoms with Crippen molar-refractivity contribution in [3.8, 4) is 16.9 Å². The Kier molecular flexibility index (Phi) is 4.31. The van der Waals surface area contributed by atoms with E-state index in [0.717, 1.165) is 22.4 Å². The minimum absolute atomic E-state index is 0.493. The normalized spacial score (nSPS) is 10.4. The van der Waals surface area contributed by atoms with E-state index in [2.05, 4.69) is 0 Å². The molecule has 0 spiro atoms. The molecule has 0 saturated carbocycles. The number of nitrogens with two attached hydrogens (primary N) is 1. The minimum Gasteiger partial charge on any atom is -0.487 e. The molecule has 2 nitrogen and oxygen atoms in total. The lowest BCUT2D eigenvalue weighted by Gasteiger charge is -2.11. The predicted octanol–water partition coefficient (Wildman–Crippen LogP) is 5.17. The molecule has 0 atom stereocenters. The Morgan fingerprint density at radius 1 is 0.864 bits per heavy atom. The van der Waals surface area contributed by atoms with Crippen molar-refractivity contribution in [1.29, 1.82) is 0 Å². The average molecular weight is 310 g/mol. The number of ether oxygens (including phenoxy) is 1. The molecule has 0 aliphatic rings. The second-order valence-electron chi connectivity index (χ2n) is 5.01. The van der Waals surface area contributed by atoms with Gasteiger partial charge in [-0.3, -0.25) is 0 Å². The molecule has 0 saturated heterocycles. The first-order valence-electron chi connectivity index (χ1n) is 7.05. The Morgan fingerprint density at radius 2 is 1.59 bits per heavy atom. The fourth-order valence-corrected chi connectivity index (χ4v) is 2.52. The van der Waals surface area contributed by atoms with Gasteiger partial charge >= 0.3 is 0 Å². The summed E-state index contributed by atoms with van der Waals surface area (Å²) < 4.78 is 5.78. The maximum Gasteiger partial charge on any atom is 0.138 e. The standard InChI is InChI=1S/C19H16ClNO/c20-17-12-15(16-8-4-5-9-18(16)21)10-11-19(17)22-13-14-6-2-1-3-7-14/h1-12H,13,21H2. The first-order valence-corrected chi connectivity index (χ1v) is 7.43. The molecule has 3 aromatic rings. The maximum atomic E-state index is 6.33. The number of para-hydroxylation sites is 1. The van der Waals surface area contributed by atoms with E-state index in [9.17, 15) is 0 Å². The molecule has 3 aromatic carbocycles. The van der Waals surface area contributed by atoms with Gasteiger partial charge in [-0.05, 0) is 29.3 Å². The summed E-state index contributed by atoms with van der Waals surface area (Å²) in [5, 5.41) is 0.580. The Hall–Kier alpha value is -2.45. The van der Waals surface area contributed by atoms with Crippen LogP contribution in [0.3, 0.4) is 0 Å². The lowest BCUT2D eigenvalue weighted by molar-refractivity contribution is 0.306. The lowest BCUT2D eigenvalue weighted by Crippen LogP contribution is -1.96. The number of hydrogen-bond acceptors (Lipinski definition) is 2. The third kappa shape index (κ3) is 3.23. The molecule has 0 bridgehead atoms. The fraction of sp³-hybridized carbons (Fsp3) is 0.0526. The molecule has 3 rings (SSSR count). The smallest absolute Gasteiger partial charge is 0.138 e. The van der Waals surface area contributed by atoms with E-state index >= 15 is 0 Å². The van der Waals surface area contributed by atoms with Crippen LogP contribution in [0, 0.1) is 0 Å². The van der Waals surface area contributed by atoms with Gasteiger partial charge in [-0.25, -0.2) is 0 Å². The number of benzene rings is 3. The van der Waals surface area contributed by atoms with Crippen molar-refractivity contribution in [2.45, 2.75) is 6.61 Å². The second kappa shape index (κ2) is 6.54. The van der Waals surface area contributed by atoms with Crippen LogP contribution in [0.5, 0.6) is 5.75 Å². The minimum atomic E-state index is 0.493. The Bertz CT molecular complexity index is 771. The van der Waals surface area contributed by atoms with Crippen LogP contribution in [0.15, 0.2) is 72.8 Å². The van der Waals surface area contributed by atoms with Crippen LogP contribution in [0.4, 0.5) is 5.69 Å². The largest absolute Gasteiger partial charge is 0.487 e. The zero-order valence-electron chi connectivity index (χ0n) is 12.0. The maximum absolute atomic E-state index is 6.33. The predicted molar refractivity (Wildman–Crippen MR) is 92.1 cm³/mol. The quantitative estimate of drug-likeness (QED) is 0.675. The Balaban J connectivity index is 1.79. The molecule has 0 aliphatic heterocycles. The fourth-order valence-electron chi connectivity index (χ4n) is 2.28. The summed E-state index contributed by atoms with van der Waals surface area (Å²) in [5.74, 6) is 0.670. The van der Waals surface area contributed by atoms with E-state index in [1.807, 2.05) is 72.8 Å². The van der Waals surface area contributed by atoms with Crippen molar-refractivity contribution in [3.63, 3.8) is 0 Å². The molecule has 0 radical (unpaired) electrons. The second-order valence-corrected chi connectivity index (χ2v) is 5.41. The van der Waals surface area contributed by atoms with Gasteiger partial charge in [0, 0.05) is 11.3 Å². The van der Waals surface area contributed by atoms with Crippen LogP contribution < -0.4 is 10.5 Å². The highest BCUT2D eigenvalue weighted by molar-refractivity contribution is 6.32. The van der Waals surface area contributed by atoms with Gasteiger partial charge in [0.15, 0.2) is 0 Å². The average Bonchev–Trinajstić information content (AvgIpc) is 2.55. The van der Waals surface area contributed by atoms with E-state index in [4.69, 9.17) is 22.1 Å². The molecule has 0 amide bonds. The Morgan fingerprint density at radius 3 is 2.32 bits per heavy atom. The molecule has 2 N–H and O–H groups in total. The Labute approximate surface area is 135 Å². The van der Waals surface area contributed by atoms with Crippen molar-refractivity contribution in [1.82, 2.24) is 0 Å². The monoisotopic (exact) mass is 309 g/mol. The van der Waals surface area contributed by atoms with Gasteiger partial charge in [0.05, 0.1) is 5.02 Å². The topological polar surface area (TPSA) is 35.2 Å². The van der Waals surface area contributed by atoms with Gasteiger partial charge in [0.2, 0.25) is 0 Å². The third-order valence-corrected chi connectivity index (χ3v) is 3.74. The molecule has 0 unspecified atom stereocenters. The number of anilines is 1. The van der Waals surface area contributed by atoms with Crippen LogP contribution in [0.1, 0.15) is 5.56 Å². The van der Waals surface area contributed by atoms with Crippen LogP contribution in [0.2, 0.25) is 5.02 Å². The summed E-state index contributed by atoms with van der Waals surface area (Å²) in [7, 11) is 0. The van der Waals surface area contributed by atoms with E-state index in [1.165, 1.54) is 0 Å². The van der Waals surface area contributed by atoms with Crippen molar-refractivity contribution >= 4 is 17.3 Å². The van der Waals surface area contributed by atoms with E-state index in [-0.39, 0.29) is 0 Å². The van der Waals surface area contributed by atoms with E-state index in [0.29, 0.717) is 17.4 Å². The van der Waals surface area contributed by atoms with Crippen molar-refractivity contribution in [2.24, 2.45) is 0 Å². The number of nitrogen functional groups attached to an aromatic ring is 1. The van der Waals surface area contributed by atoms with Crippen molar-refractivity contribution in [3.05, 3.63) is 83.4 Å². The highest BCUT2D eigenvalue weighted by Gasteiger charge is 2.07. The molecule has 0 aromatic heterocycles. The summed E-state index contributed by atoms with van der Waals surface area (Å²) in [5.41, 5.74) is 9.79. The van der Waals surface area contributed by atoms with Gasteiger partial charge in [-0.2, -0.15) is 0 Å². The lowest BCUT2D eigenvalue weighted by atomic mass is 10.0. The molecule has 3 heteroatoms. The SMILES string of the molecule is Nc1ccccc1-c1ccc(OCc2ccccc2)c(Cl)c1. The summed E-state index contributed by atoms with van der Waals surface area (Å²) in [6.07, 6.45) is 0. The van der Waals surface area contributed by atoms with Crippen LogP contribution in [-0.4, -0.2) is 0 Å². The molecule has 0 fully saturated rings. The molecule has 0 heterocycles. The van der Waals surface area contributed by atoms with E-state index in [1.54, 1.807) is 0 Å². The highest BCUT2D eigenvalue weighted by Crippen LogP contribution is 2.33. The number of halogens is 1.